The first-order valence-electron chi connectivity index (χ1n) is 6.98. The normalized spacial score (nSPS) is 16.1. The molecule has 0 atom stereocenters. The van der Waals surface area contributed by atoms with Gasteiger partial charge >= 0.3 is 5.13 Å². The Bertz CT molecular complexity index is 422. The van der Waals surface area contributed by atoms with Crippen molar-refractivity contribution < 1.29 is 21.5 Å². The van der Waals surface area contributed by atoms with Crippen LogP contribution in [0.2, 0.25) is 0 Å². The van der Waals surface area contributed by atoms with Gasteiger partial charge in [-0.25, -0.2) is 4.57 Å². The van der Waals surface area contributed by atoms with Crippen molar-refractivity contribution in [1.82, 2.24) is 0 Å². The molecule has 0 aliphatic heterocycles. The van der Waals surface area contributed by atoms with E-state index < -0.39 is 0 Å². The molecule has 1 N–H and O–H groups in total. The number of hydrogen-bond donors (Lipinski definition) is 1. The summed E-state index contributed by atoms with van der Waals surface area (Å²) in [7, 11) is 0. The molecule has 0 radical (unpaired) electrons. The maximum Gasteiger partial charge on any atom is 0.334 e. The second-order valence-corrected chi connectivity index (χ2v) is 8.36. The summed E-state index contributed by atoms with van der Waals surface area (Å²) in [6.45, 7) is 14.9. The van der Waals surface area contributed by atoms with Crippen molar-refractivity contribution >= 4 is 16.5 Å². The maximum atomic E-state index is 3.66. The van der Waals surface area contributed by atoms with Crippen LogP contribution in [0, 0.1) is 5.92 Å². The summed E-state index contributed by atoms with van der Waals surface area (Å²) < 4.78 is 2.49. The van der Waals surface area contributed by atoms with Crippen molar-refractivity contribution in [3.63, 3.8) is 0 Å². The van der Waals surface area contributed by atoms with Crippen LogP contribution in [-0.2, 0) is 11.0 Å². The zero-order valence-corrected chi connectivity index (χ0v) is 15.4. The minimum atomic E-state index is 0. The Kier molecular flexibility index (Phi) is 5.11. The van der Waals surface area contributed by atoms with Crippen molar-refractivity contribution in [3.05, 3.63) is 11.1 Å². The average Bonchev–Trinajstić information content (AvgIpc) is 2.89. The first-order chi connectivity index (χ1) is 8.19. The van der Waals surface area contributed by atoms with E-state index in [1.807, 2.05) is 11.3 Å². The minimum Gasteiger partial charge on any atom is -1.00 e. The van der Waals surface area contributed by atoms with Crippen LogP contribution >= 0.6 is 11.3 Å². The summed E-state index contributed by atoms with van der Waals surface area (Å²) >= 11 is 1.85. The molecule has 4 heteroatoms. The molecule has 0 bridgehead atoms. The van der Waals surface area contributed by atoms with Gasteiger partial charge in [-0.15, -0.1) is 0 Å². The van der Waals surface area contributed by atoms with E-state index in [0.29, 0.717) is 0 Å². The summed E-state index contributed by atoms with van der Waals surface area (Å²) in [5, 5.41) is 7.29. The van der Waals surface area contributed by atoms with Gasteiger partial charge in [0.1, 0.15) is 11.2 Å². The van der Waals surface area contributed by atoms with E-state index in [4.69, 9.17) is 0 Å². The van der Waals surface area contributed by atoms with Gasteiger partial charge < -0.3 is 17.0 Å². The first-order valence-corrected chi connectivity index (χ1v) is 7.86. The zero-order valence-electron chi connectivity index (χ0n) is 13.0. The topological polar surface area (TPSA) is 15.9 Å². The molecule has 1 aromatic heterocycles. The van der Waals surface area contributed by atoms with Crippen molar-refractivity contribution in [2.75, 3.05) is 11.9 Å². The summed E-state index contributed by atoms with van der Waals surface area (Å²) in [6.07, 6.45) is 2.81. The Morgan fingerprint density at radius 1 is 1.21 bits per heavy atom. The van der Waals surface area contributed by atoms with Gasteiger partial charge in [0.2, 0.25) is 0 Å². The molecule has 1 aliphatic carbocycles. The third-order valence-corrected chi connectivity index (χ3v) is 4.30. The van der Waals surface area contributed by atoms with Crippen LogP contribution in [0.4, 0.5) is 5.13 Å². The van der Waals surface area contributed by atoms with Gasteiger partial charge in [0, 0.05) is 10.8 Å². The fourth-order valence-corrected chi connectivity index (χ4v) is 3.51. The second-order valence-electron chi connectivity index (χ2n) is 7.51. The average molecular weight is 347 g/mol. The molecule has 110 valence electrons. The lowest BCUT2D eigenvalue weighted by molar-refractivity contribution is -0.746. The van der Waals surface area contributed by atoms with Gasteiger partial charge in [-0.05, 0) is 39.5 Å². The molecule has 0 saturated heterocycles. The van der Waals surface area contributed by atoms with Crippen molar-refractivity contribution in [2.24, 2.45) is 5.92 Å². The second kappa shape index (κ2) is 5.72. The molecular formula is C15H27BrN2S. The number of nitrogens with zero attached hydrogens (tertiary/aromatic N) is 1. The van der Waals surface area contributed by atoms with Gasteiger partial charge in [0.15, 0.2) is 0 Å². The molecule has 2 nitrogen and oxygen atoms in total. The van der Waals surface area contributed by atoms with E-state index in [-0.39, 0.29) is 27.9 Å². The van der Waals surface area contributed by atoms with Crippen LogP contribution in [0.5, 0.6) is 0 Å². The number of nitrogens with one attached hydrogen (secondary N) is 1. The number of anilines is 1. The molecule has 1 saturated carbocycles. The Morgan fingerprint density at radius 3 is 2.21 bits per heavy atom. The lowest BCUT2D eigenvalue weighted by Gasteiger charge is -2.25. The zero-order chi connectivity index (χ0) is 13.6. The number of halogens is 1. The van der Waals surface area contributed by atoms with Crippen LogP contribution in [0.1, 0.15) is 60.1 Å². The third-order valence-electron chi connectivity index (χ3n) is 3.40. The Morgan fingerprint density at radius 2 is 1.79 bits per heavy atom. The van der Waals surface area contributed by atoms with Gasteiger partial charge in [-0.1, -0.05) is 32.1 Å². The molecular weight excluding hydrogens is 320 g/mol. The quantitative estimate of drug-likeness (QED) is 0.804. The summed E-state index contributed by atoms with van der Waals surface area (Å²) in [6, 6.07) is 0. The summed E-state index contributed by atoms with van der Waals surface area (Å²) in [4.78, 5) is 0. The highest BCUT2D eigenvalue weighted by molar-refractivity contribution is 7.13. The molecule has 1 heterocycles. The highest BCUT2D eigenvalue weighted by Crippen LogP contribution is 2.31. The standard InChI is InChI=1S/C15H26N2S.BrH/c1-14(2,3)12-10-18-13(16-9-11-7-8-11)17(12)15(4,5)6;/h10-11H,7-9H2,1-6H3;1H. The molecule has 1 aliphatic rings. The van der Waals surface area contributed by atoms with Crippen LogP contribution < -0.4 is 26.9 Å². The number of thiazole rings is 1. The summed E-state index contributed by atoms with van der Waals surface area (Å²) in [5.41, 5.74) is 1.76. The maximum absolute atomic E-state index is 3.66. The fraction of sp³-hybridized carbons (Fsp3) is 0.800. The van der Waals surface area contributed by atoms with Gasteiger partial charge in [0.25, 0.3) is 0 Å². The Hall–Kier alpha value is -0.0900. The van der Waals surface area contributed by atoms with Gasteiger partial charge in [0.05, 0.1) is 6.54 Å². The molecule has 0 amide bonds. The van der Waals surface area contributed by atoms with Crippen LogP contribution in [0.15, 0.2) is 5.38 Å². The third kappa shape index (κ3) is 4.19. The Labute approximate surface area is 132 Å². The lowest BCUT2D eigenvalue weighted by atomic mass is 9.91. The van der Waals surface area contributed by atoms with Crippen molar-refractivity contribution in [1.29, 1.82) is 0 Å². The van der Waals surface area contributed by atoms with Gasteiger partial charge in [-0.2, -0.15) is 0 Å². The fourth-order valence-electron chi connectivity index (χ4n) is 2.18. The van der Waals surface area contributed by atoms with Crippen LogP contribution in [-0.4, -0.2) is 6.54 Å². The minimum absolute atomic E-state index is 0. The molecule has 0 aromatic carbocycles. The van der Waals surface area contributed by atoms with E-state index in [0.717, 1.165) is 12.5 Å². The first kappa shape index (κ1) is 17.0. The van der Waals surface area contributed by atoms with Crippen molar-refractivity contribution in [3.8, 4) is 0 Å². The number of hydrogen-bond acceptors (Lipinski definition) is 2. The van der Waals surface area contributed by atoms with Gasteiger partial charge in [-0.3, -0.25) is 5.32 Å². The molecule has 0 unspecified atom stereocenters. The Balaban J connectivity index is 0.00000180. The molecule has 1 aromatic rings. The van der Waals surface area contributed by atoms with E-state index in [1.165, 1.54) is 23.7 Å². The van der Waals surface area contributed by atoms with Crippen LogP contribution in [0.25, 0.3) is 0 Å². The van der Waals surface area contributed by atoms with E-state index in [1.54, 1.807) is 0 Å². The SMILES string of the molecule is CC(C)(C)c1csc(NCC2CC2)[n+]1C(C)(C)C.[Br-]. The largest absolute Gasteiger partial charge is 1.00 e. The molecule has 19 heavy (non-hydrogen) atoms. The lowest BCUT2D eigenvalue weighted by Crippen LogP contribution is -3.00. The van der Waals surface area contributed by atoms with Crippen molar-refractivity contribution in [2.45, 2.75) is 65.3 Å². The van der Waals surface area contributed by atoms with Crippen LogP contribution in [0.3, 0.4) is 0 Å². The molecule has 1 fully saturated rings. The number of rotatable bonds is 3. The molecule has 0 spiro atoms. The number of aromatic nitrogens is 1. The predicted octanol–water partition coefficient (Wildman–Crippen LogP) is 0.914. The highest BCUT2D eigenvalue weighted by atomic mass is 79.9. The van der Waals surface area contributed by atoms with E-state index in [9.17, 15) is 0 Å². The van der Waals surface area contributed by atoms with E-state index in [2.05, 4.69) is 56.8 Å². The smallest absolute Gasteiger partial charge is 0.334 e. The summed E-state index contributed by atoms with van der Waals surface area (Å²) in [5.74, 6) is 0.915. The predicted molar refractivity (Wildman–Crippen MR) is 79.4 cm³/mol. The highest BCUT2D eigenvalue weighted by Gasteiger charge is 2.34. The monoisotopic (exact) mass is 346 g/mol. The molecule has 2 rings (SSSR count). The van der Waals surface area contributed by atoms with E-state index >= 15 is 0 Å².